The van der Waals surface area contributed by atoms with Gasteiger partial charge in [-0.2, -0.15) is 0 Å². The van der Waals surface area contributed by atoms with Gasteiger partial charge in [0.15, 0.2) is 0 Å². The van der Waals surface area contributed by atoms with Crippen LogP contribution in [-0.4, -0.2) is 37.1 Å². The molecule has 182 valence electrons. The normalized spacial score (nSPS) is 16.6. The number of carbonyl (C=O) groups excluding carboxylic acids is 2. The Morgan fingerprint density at radius 3 is 2.29 bits per heavy atom. The average Bonchev–Trinajstić information content (AvgIpc) is 2.95. The third-order valence-corrected chi connectivity index (χ3v) is 6.14. The predicted molar refractivity (Wildman–Crippen MR) is 130 cm³/mol. The van der Waals surface area contributed by atoms with Crippen molar-refractivity contribution >= 4 is 52.1 Å². The zero-order chi connectivity index (χ0) is 25.1. The van der Waals surface area contributed by atoms with Crippen LogP contribution in [0.15, 0.2) is 72.8 Å². The van der Waals surface area contributed by atoms with Crippen molar-refractivity contribution in [3.63, 3.8) is 0 Å². The number of fused-ring (bicyclic) bond motifs is 1. The molecule has 4 rings (SSSR count). The molecule has 0 aliphatic carbocycles. The van der Waals surface area contributed by atoms with Crippen molar-refractivity contribution < 1.29 is 22.8 Å². The van der Waals surface area contributed by atoms with Crippen LogP contribution in [0, 0.1) is 0 Å². The molecule has 35 heavy (non-hydrogen) atoms. The van der Waals surface area contributed by atoms with Gasteiger partial charge < -0.3 is 10.2 Å². The van der Waals surface area contributed by atoms with E-state index >= 15 is 0 Å². The summed E-state index contributed by atoms with van der Waals surface area (Å²) in [6.07, 6.45) is -6.53. The summed E-state index contributed by atoms with van der Waals surface area (Å²) >= 11 is 12.1. The number of hydrogen-bond acceptors (Lipinski definition) is 3. The second-order valence-corrected chi connectivity index (χ2v) is 8.73. The topological polar surface area (TPSA) is 52.7 Å². The number of nitrogens with zero attached hydrogens (tertiary/aromatic N) is 2. The molecule has 0 aromatic heterocycles. The van der Waals surface area contributed by atoms with E-state index in [1.54, 1.807) is 59.5 Å². The van der Waals surface area contributed by atoms with Crippen LogP contribution in [0.4, 0.5) is 30.2 Å². The first-order chi connectivity index (χ1) is 16.8. The second-order valence-electron chi connectivity index (χ2n) is 7.88. The van der Waals surface area contributed by atoms with Gasteiger partial charge in [0.1, 0.15) is 6.04 Å². The molecule has 3 aromatic carbocycles. The maximum Gasteiger partial charge on any atom is 0.288 e. The summed E-state index contributed by atoms with van der Waals surface area (Å²) < 4.78 is 41.8. The van der Waals surface area contributed by atoms with E-state index in [-0.39, 0.29) is 23.7 Å². The predicted octanol–water partition coefficient (Wildman–Crippen LogP) is 5.77. The standard InChI is InChI=1S/C25H20Cl2F3N3O2/c26-16-11-10-15(18(27)13-16)12-22(34)31-19-14-32(17-6-2-1-3-7-17)20-8-4-5-9-21(20)33(25(19)35)24(30)23(28)29/h1-11,13,19,23-24H,12,14H2,(H,31,34). The van der Waals surface area contributed by atoms with Crippen LogP contribution < -0.4 is 15.1 Å². The number of nitrogens with one attached hydrogen (secondary N) is 1. The smallest absolute Gasteiger partial charge is 0.288 e. The number of halogens is 5. The van der Waals surface area contributed by atoms with Crippen LogP contribution in [0.25, 0.3) is 0 Å². The van der Waals surface area contributed by atoms with Crippen molar-refractivity contribution in [3.8, 4) is 0 Å². The summed E-state index contributed by atoms with van der Waals surface area (Å²) in [7, 11) is 0. The van der Waals surface area contributed by atoms with E-state index in [2.05, 4.69) is 5.32 Å². The van der Waals surface area contributed by atoms with Gasteiger partial charge in [-0.3, -0.25) is 14.5 Å². The molecular formula is C25H20Cl2F3N3O2. The highest BCUT2D eigenvalue weighted by Crippen LogP contribution is 2.39. The first kappa shape index (κ1) is 24.9. The third kappa shape index (κ3) is 5.39. The van der Waals surface area contributed by atoms with Gasteiger partial charge in [0.05, 0.1) is 24.3 Å². The van der Waals surface area contributed by atoms with Crippen LogP contribution in [-0.2, 0) is 16.0 Å². The molecule has 10 heteroatoms. The van der Waals surface area contributed by atoms with Crippen molar-refractivity contribution in [2.75, 3.05) is 16.3 Å². The van der Waals surface area contributed by atoms with Crippen molar-refractivity contribution in [3.05, 3.63) is 88.4 Å². The van der Waals surface area contributed by atoms with Crippen molar-refractivity contribution in [2.24, 2.45) is 0 Å². The van der Waals surface area contributed by atoms with Crippen LogP contribution in [0.2, 0.25) is 10.0 Å². The Morgan fingerprint density at radius 2 is 1.63 bits per heavy atom. The van der Waals surface area contributed by atoms with Gasteiger partial charge >= 0.3 is 0 Å². The van der Waals surface area contributed by atoms with Gasteiger partial charge in [0.25, 0.3) is 12.3 Å². The number of anilines is 3. The van der Waals surface area contributed by atoms with Gasteiger partial charge in [-0.1, -0.05) is 59.6 Å². The van der Waals surface area contributed by atoms with Crippen molar-refractivity contribution in [1.29, 1.82) is 0 Å². The fourth-order valence-electron chi connectivity index (χ4n) is 3.95. The van der Waals surface area contributed by atoms with E-state index in [0.717, 1.165) is 0 Å². The summed E-state index contributed by atoms with van der Waals surface area (Å²) in [5.41, 5.74) is 1.44. The van der Waals surface area contributed by atoms with Crippen molar-refractivity contribution in [1.82, 2.24) is 5.32 Å². The number of carbonyl (C=O) groups is 2. The minimum atomic E-state index is -3.44. The Bertz CT molecular complexity index is 1230. The molecule has 2 unspecified atom stereocenters. The summed E-state index contributed by atoms with van der Waals surface area (Å²) in [5.74, 6) is -1.57. The number of amides is 2. The summed E-state index contributed by atoms with van der Waals surface area (Å²) in [6.45, 7) is -0.105. The third-order valence-electron chi connectivity index (χ3n) is 5.56. The molecule has 1 aliphatic rings. The number of hydrogen-bond donors (Lipinski definition) is 1. The molecule has 0 radical (unpaired) electrons. The lowest BCUT2D eigenvalue weighted by Crippen LogP contribution is -2.54. The van der Waals surface area contributed by atoms with E-state index in [4.69, 9.17) is 23.2 Å². The lowest BCUT2D eigenvalue weighted by atomic mass is 10.1. The maximum atomic E-state index is 14.8. The molecule has 1 heterocycles. The van der Waals surface area contributed by atoms with Crippen LogP contribution in [0.1, 0.15) is 5.56 Å². The Hall–Kier alpha value is -3.23. The van der Waals surface area contributed by atoms with Gasteiger partial charge in [-0.25, -0.2) is 13.2 Å². The number of rotatable bonds is 6. The molecule has 1 N–H and O–H groups in total. The number of benzene rings is 3. The van der Waals surface area contributed by atoms with Crippen LogP contribution >= 0.6 is 23.2 Å². The Morgan fingerprint density at radius 1 is 0.971 bits per heavy atom. The fourth-order valence-corrected chi connectivity index (χ4v) is 4.43. The van der Waals surface area contributed by atoms with E-state index in [1.807, 2.05) is 0 Å². The highest BCUT2D eigenvalue weighted by Gasteiger charge is 2.41. The quantitative estimate of drug-likeness (QED) is 0.419. The highest BCUT2D eigenvalue weighted by atomic mass is 35.5. The first-order valence-electron chi connectivity index (χ1n) is 10.7. The summed E-state index contributed by atoms with van der Waals surface area (Å²) in [4.78, 5) is 28.4. The maximum absolute atomic E-state index is 14.8. The fraction of sp³-hybridized carbons (Fsp3) is 0.200. The highest BCUT2D eigenvalue weighted by molar-refractivity contribution is 6.35. The molecule has 5 nitrogen and oxygen atoms in total. The Balaban J connectivity index is 1.71. The number of alkyl halides is 3. The number of para-hydroxylation sites is 3. The molecule has 0 saturated heterocycles. The largest absolute Gasteiger partial charge is 0.342 e. The van der Waals surface area contributed by atoms with E-state index in [0.29, 0.717) is 26.9 Å². The van der Waals surface area contributed by atoms with Gasteiger partial charge in [0, 0.05) is 15.7 Å². The van der Waals surface area contributed by atoms with E-state index in [9.17, 15) is 22.8 Å². The lowest BCUT2D eigenvalue weighted by molar-refractivity contribution is -0.128. The molecular weight excluding hydrogens is 502 g/mol. The Kier molecular flexibility index (Phi) is 7.52. The minimum Gasteiger partial charge on any atom is -0.342 e. The van der Waals surface area contributed by atoms with Crippen LogP contribution in [0.5, 0.6) is 0 Å². The van der Waals surface area contributed by atoms with Gasteiger partial charge in [-0.15, -0.1) is 0 Å². The first-order valence-corrected chi connectivity index (χ1v) is 11.4. The summed E-state index contributed by atoms with van der Waals surface area (Å²) in [5, 5.41) is 3.24. The Labute approximate surface area is 210 Å². The molecule has 0 spiro atoms. The molecule has 1 aliphatic heterocycles. The molecule has 2 amide bonds. The molecule has 2 atom stereocenters. The van der Waals surface area contributed by atoms with Crippen molar-refractivity contribution in [2.45, 2.75) is 25.2 Å². The monoisotopic (exact) mass is 521 g/mol. The average molecular weight is 522 g/mol. The van der Waals surface area contributed by atoms with Gasteiger partial charge in [0.2, 0.25) is 12.2 Å². The van der Waals surface area contributed by atoms with E-state index in [1.165, 1.54) is 18.2 Å². The zero-order valence-electron chi connectivity index (χ0n) is 18.2. The van der Waals surface area contributed by atoms with Gasteiger partial charge in [-0.05, 0) is 42.0 Å². The SMILES string of the molecule is O=C(Cc1ccc(Cl)cc1Cl)NC1CN(c2ccccc2)c2ccccc2N(C(F)C(F)F)C1=O. The minimum absolute atomic E-state index is 0.0216. The zero-order valence-corrected chi connectivity index (χ0v) is 19.7. The van der Waals surface area contributed by atoms with E-state index < -0.39 is 30.6 Å². The lowest BCUT2D eigenvalue weighted by Gasteiger charge is -2.28. The molecule has 0 bridgehead atoms. The second kappa shape index (κ2) is 10.6. The molecule has 3 aromatic rings. The molecule has 0 saturated carbocycles. The van der Waals surface area contributed by atoms with Crippen LogP contribution in [0.3, 0.4) is 0 Å². The summed E-state index contributed by atoms with van der Waals surface area (Å²) in [6, 6.07) is 18.4. The molecule has 0 fully saturated rings.